The summed E-state index contributed by atoms with van der Waals surface area (Å²) in [6.45, 7) is 1.42. The van der Waals surface area contributed by atoms with E-state index in [4.69, 9.17) is 9.47 Å². The third kappa shape index (κ3) is 4.64. The first-order valence-electron chi connectivity index (χ1n) is 10.6. The van der Waals surface area contributed by atoms with Gasteiger partial charge in [0.1, 0.15) is 19.0 Å². The minimum atomic E-state index is -0.369. The lowest BCUT2D eigenvalue weighted by Gasteiger charge is -2.25. The van der Waals surface area contributed by atoms with E-state index in [1.165, 1.54) is 17.8 Å². The zero-order valence-corrected chi connectivity index (χ0v) is 19.9. The quantitative estimate of drug-likeness (QED) is 0.343. The van der Waals surface area contributed by atoms with Crippen LogP contribution in [0.25, 0.3) is 11.4 Å². The van der Waals surface area contributed by atoms with Gasteiger partial charge in [0.05, 0.1) is 17.9 Å². The van der Waals surface area contributed by atoms with E-state index in [9.17, 15) is 9.18 Å². The molecule has 0 unspecified atom stereocenters. The van der Waals surface area contributed by atoms with Gasteiger partial charge in [0.25, 0.3) is 0 Å². The molecule has 2 aromatic carbocycles. The van der Waals surface area contributed by atoms with Gasteiger partial charge in [-0.2, -0.15) is 0 Å². The lowest BCUT2D eigenvalue weighted by atomic mass is 10.2. The number of aromatic nitrogens is 3. The summed E-state index contributed by atoms with van der Waals surface area (Å²) in [5.41, 5.74) is 1.10. The van der Waals surface area contributed by atoms with Crippen LogP contribution in [-0.4, -0.2) is 39.6 Å². The van der Waals surface area contributed by atoms with Crippen LogP contribution in [0.3, 0.4) is 0 Å². The fraction of sp³-hybridized carbons (Fsp3) is 0.208. The normalized spacial score (nSPS) is 12.5. The Hall–Kier alpha value is -3.37. The van der Waals surface area contributed by atoms with Gasteiger partial charge in [0.2, 0.25) is 5.91 Å². The smallest absolute Gasteiger partial charge is 0.237 e. The molecular formula is C24H21FN4O3S2. The molecule has 10 heteroatoms. The van der Waals surface area contributed by atoms with Crippen molar-refractivity contribution in [3.63, 3.8) is 0 Å². The summed E-state index contributed by atoms with van der Waals surface area (Å²) in [5.74, 6) is 1.39. The lowest BCUT2D eigenvalue weighted by Crippen LogP contribution is -2.32. The Labute approximate surface area is 204 Å². The SMILES string of the molecule is Cn1c(SCC(=O)N(Cc2cccs2)c2ccc3c(c2)OCCO3)nnc1-c1ccccc1F. The fourth-order valence-electron chi connectivity index (χ4n) is 3.60. The van der Waals surface area contributed by atoms with Crippen LogP contribution in [0, 0.1) is 5.82 Å². The molecule has 1 aliphatic rings. The summed E-state index contributed by atoms with van der Waals surface area (Å²) in [7, 11) is 1.76. The van der Waals surface area contributed by atoms with Gasteiger partial charge in [0.15, 0.2) is 22.5 Å². The molecule has 0 fully saturated rings. The predicted molar refractivity (Wildman–Crippen MR) is 130 cm³/mol. The molecule has 1 amide bonds. The van der Waals surface area contributed by atoms with Gasteiger partial charge in [0, 0.05) is 23.7 Å². The van der Waals surface area contributed by atoms with Crippen molar-refractivity contribution in [2.45, 2.75) is 11.7 Å². The van der Waals surface area contributed by atoms with Gasteiger partial charge in [-0.05, 0) is 35.7 Å². The second-order valence-corrected chi connectivity index (χ2v) is 9.50. The maximum Gasteiger partial charge on any atom is 0.237 e. The Bertz CT molecular complexity index is 1310. The van der Waals surface area contributed by atoms with Crippen molar-refractivity contribution in [1.29, 1.82) is 0 Å². The Kier molecular flexibility index (Phi) is 6.50. The maximum absolute atomic E-state index is 14.2. The van der Waals surface area contributed by atoms with Crippen LogP contribution >= 0.6 is 23.1 Å². The third-order valence-electron chi connectivity index (χ3n) is 5.31. The summed E-state index contributed by atoms with van der Waals surface area (Å²) in [5, 5.41) is 10.8. The molecule has 2 aromatic heterocycles. The zero-order valence-electron chi connectivity index (χ0n) is 18.3. The standard InChI is InChI=1S/C24H21FN4O3S2/c1-28-23(18-6-2-3-7-19(18)25)26-27-24(28)34-15-22(30)29(14-17-5-4-12-33-17)16-8-9-20-21(13-16)32-11-10-31-20/h2-9,12-13H,10-11,14-15H2,1H3. The second kappa shape index (κ2) is 9.86. The molecular weight excluding hydrogens is 475 g/mol. The summed E-state index contributed by atoms with van der Waals surface area (Å²) in [6, 6.07) is 15.9. The topological polar surface area (TPSA) is 69.5 Å². The van der Waals surface area contributed by atoms with Crippen molar-refractivity contribution >= 4 is 34.7 Å². The Morgan fingerprint density at radius 3 is 2.74 bits per heavy atom. The second-order valence-electron chi connectivity index (χ2n) is 7.52. The fourth-order valence-corrected chi connectivity index (χ4v) is 5.08. The molecule has 5 rings (SSSR count). The first-order valence-corrected chi connectivity index (χ1v) is 12.5. The van der Waals surface area contributed by atoms with E-state index in [1.54, 1.807) is 46.1 Å². The number of fused-ring (bicyclic) bond motifs is 1. The molecule has 0 saturated heterocycles. The number of hydrogen-bond acceptors (Lipinski definition) is 7. The van der Waals surface area contributed by atoms with Crippen molar-refractivity contribution in [3.05, 3.63) is 70.7 Å². The number of benzene rings is 2. The number of anilines is 1. The van der Waals surface area contributed by atoms with Crippen molar-refractivity contribution in [2.24, 2.45) is 7.05 Å². The third-order valence-corrected chi connectivity index (χ3v) is 7.17. The number of halogens is 1. The van der Waals surface area contributed by atoms with E-state index in [0.29, 0.717) is 47.8 Å². The van der Waals surface area contributed by atoms with Crippen LogP contribution in [0.15, 0.2) is 65.1 Å². The van der Waals surface area contributed by atoms with Crippen LogP contribution < -0.4 is 14.4 Å². The number of carbonyl (C=O) groups excluding carboxylic acids is 1. The first-order chi connectivity index (χ1) is 16.6. The summed E-state index contributed by atoms with van der Waals surface area (Å²) < 4.78 is 27.2. The van der Waals surface area contributed by atoms with Gasteiger partial charge in [-0.25, -0.2) is 4.39 Å². The number of thiophene rings is 1. The molecule has 0 bridgehead atoms. The highest BCUT2D eigenvalue weighted by Crippen LogP contribution is 2.35. The number of hydrogen-bond donors (Lipinski definition) is 0. The minimum absolute atomic E-state index is 0.0921. The van der Waals surface area contributed by atoms with E-state index in [2.05, 4.69) is 10.2 Å². The largest absolute Gasteiger partial charge is 0.486 e. The van der Waals surface area contributed by atoms with Crippen LogP contribution in [0.4, 0.5) is 10.1 Å². The molecule has 3 heterocycles. The summed E-state index contributed by atoms with van der Waals surface area (Å²) in [4.78, 5) is 16.2. The molecule has 4 aromatic rings. The van der Waals surface area contributed by atoms with Crippen molar-refractivity contribution < 1.29 is 18.7 Å². The average molecular weight is 497 g/mol. The average Bonchev–Trinajstić information content (AvgIpc) is 3.51. The molecule has 0 saturated carbocycles. The number of nitrogens with zero attached hydrogens (tertiary/aromatic N) is 4. The number of ether oxygens (including phenoxy) is 2. The van der Waals surface area contributed by atoms with E-state index in [0.717, 1.165) is 10.6 Å². The first kappa shape index (κ1) is 22.4. The number of thioether (sulfide) groups is 1. The molecule has 174 valence electrons. The van der Waals surface area contributed by atoms with E-state index in [-0.39, 0.29) is 17.5 Å². The maximum atomic E-state index is 14.2. The van der Waals surface area contributed by atoms with Gasteiger partial charge in [-0.1, -0.05) is 30.0 Å². The monoisotopic (exact) mass is 496 g/mol. The highest BCUT2D eigenvalue weighted by molar-refractivity contribution is 7.99. The molecule has 0 spiro atoms. The Morgan fingerprint density at radius 1 is 1.12 bits per heavy atom. The lowest BCUT2D eigenvalue weighted by molar-refractivity contribution is -0.116. The van der Waals surface area contributed by atoms with E-state index < -0.39 is 0 Å². The molecule has 34 heavy (non-hydrogen) atoms. The van der Waals surface area contributed by atoms with Crippen molar-refractivity contribution in [3.8, 4) is 22.9 Å². The molecule has 0 aliphatic carbocycles. The summed E-state index contributed by atoms with van der Waals surface area (Å²) in [6.07, 6.45) is 0. The summed E-state index contributed by atoms with van der Waals surface area (Å²) >= 11 is 2.86. The van der Waals surface area contributed by atoms with Crippen molar-refractivity contribution in [2.75, 3.05) is 23.9 Å². The van der Waals surface area contributed by atoms with Gasteiger partial charge < -0.3 is 18.9 Å². The Morgan fingerprint density at radius 2 is 1.94 bits per heavy atom. The van der Waals surface area contributed by atoms with Gasteiger partial charge in [-0.15, -0.1) is 21.5 Å². The zero-order chi connectivity index (χ0) is 23.5. The van der Waals surface area contributed by atoms with Crippen LogP contribution in [0.2, 0.25) is 0 Å². The van der Waals surface area contributed by atoms with Gasteiger partial charge in [-0.3, -0.25) is 4.79 Å². The number of carbonyl (C=O) groups is 1. The van der Waals surface area contributed by atoms with E-state index in [1.807, 2.05) is 35.7 Å². The molecule has 0 N–H and O–H groups in total. The Balaban J connectivity index is 1.36. The van der Waals surface area contributed by atoms with Crippen LogP contribution in [0.5, 0.6) is 11.5 Å². The van der Waals surface area contributed by atoms with Crippen LogP contribution in [0.1, 0.15) is 4.88 Å². The molecule has 1 aliphatic heterocycles. The van der Waals surface area contributed by atoms with Gasteiger partial charge >= 0.3 is 0 Å². The van der Waals surface area contributed by atoms with Crippen molar-refractivity contribution in [1.82, 2.24) is 14.8 Å². The van der Waals surface area contributed by atoms with Crippen LogP contribution in [-0.2, 0) is 18.4 Å². The number of amides is 1. The van der Waals surface area contributed by atoms with E-state index >= 15 is 0 Å². The minimum Gasteiger partial charge on any atom is -0.486 e. The number of rotatable bonds is 7. The predicted octanol–water partition coefficient (Wildman–Crippen LogP) is 4.78. The molecule has 0 radical (unpaired) electrons. The highest BCUT2D eigenvalue weighted by Gasteiger charge is 2.22. The highest BCUT2D eigenvalue weighted by atomic mass is 32.2. The molecule has 7 nitrogen and oxygen atoms in total. The molecule has 0 atom stereocenters.